The van der Waals surface area contributed by atoms with E-state index in [0.717, 1.165) is 4.90 Å². The first-order chi connectivity index (χ1) is 9.15. The number of ether oxygens (including phenoxy) is 1. The minimum Gasteiger partial charge on any atom is -0.465 e. The summed E-state index contributed by atoms with van der Waals surface area (Å²) in [6.45, 7) is 2.17. The van der Waals surface area contributed by atoms with Crippen molar-refractivity contribution in [3.05, 3.63) is 23.8 Å². The third-order valence-corrected chi connectivity index (χ3v) is 2.73. The first-order valence-corrected chi connectivity index (χ1v) is 5.97. The van der Waals surface area contributed by atoms with Gasteiger partial charge in [0.15, 0.2) is 0 Å². The Labute approximate surface area is 115 Å². The Hall–Kier alpha value is -1.92. The van der Waals surface area contributed by atoms with E-state index in [4.69, 9.17) is 5.73 Å². The minimum absolute atomic E-state index is 0.103. The van der Waals surface area contributed by atoms with E-state index >= 15 is 0 Å². The minimum atomic E-state index is -4.34. The summed E-state index contributed by atoms with van der Waals surface area (Å²) in [5, 5.41) is 0. The van der Waals surface area contributed by atoms with Crippen molar-refractivity contribution in [1.82, 2.24) is 0 Å². The summed E-state index contributed by atoms with van der Waals surface area (Å²) >= 11 is 0. The molecule has 20 heavy (non-hydrogen) atoms. The topological polar surface area (TPSA) is 55.6 Å². The van der Waals surface area contributed by atoms with Crippen LogP contribution in [-0.4, -0.2) is 31.8 Å². The highest BCUT2D eigenvalue weighted by molar-refractivity contribution is 5.92. The summed E-state index contributed by atoms with van der Waals surface area (Å²) in [6.07, 6.45) is -4.34. The number of carbonyl (C=O) groups is 1. The van der Waals surface area contributed by atoms with Gasteiger partial charge in [-0.15, -0.1) is 0 Å². The summed E-state index contributed by atoms with van der Waals surface area (Å²) in [5.41, 5.74) is 6.30. The van der Waals surface area contributed by atoms with Gasteiger partial charge < -0.3 is 15.4 Å². The third-order valence-electron chi connectivity index (χ3n) is 2.73. The number of alkyl halides is 3. The molecule has 0 atom stereocenters. The number of halogens is 3. The van der Waals surface area contributed by atoms with Crippen LogP contribution in [0.3, 0.4) is 0 Å². The van der Waals surface area contributed by atoms with Gasteiger partial charge in [0, 0.05) is 6.04 Å². The van der Waals surface area contributed by atoms with Crippen molar-refractivity contribution < 1.29 is 22.7 Å². The molecule has 0 fully saturated rings. The number of anilines is 2. The number of nitrogens with zero attached hydrogens (tertiary/aromatic N) is 1. The SMILES string of the molecule is COC(=O)c1ccc(N(CC(F)(F)F)C(C)C)c(N)c1. The van der Waals surface area contributed by atoms with Crippen molar-refractivity contribution in [3.8, 4) is 0 Å². The zero-order valence-electron chi connectivity index (χ0n) is 11.5. The molecule has 1 rings (SSSR count). The van der Waals surface area contributed by atoms with E-state index in [0.29, 0.717) is 0 Å². The Morgan fingerprint density at radius 2 is 2.00 bits per heavy atom. The van der Waals surface area contributed by atoms with Gasteiger partial charge in [-0.3, -0.25) is 0 Å². The van der Waals surface area contributed by atoms with Crippen molar-refractivity contribution in [2.24, 2.45) is 0 Å². The zero-order chi connectivity index (χ0) is 15.5. The largest absolute Gasteiger partial charge is 0.465 e. The molecule has 0 aliphatic heterocycles. The molecule has 0 bridgehead atoms. The molecule has 0 amide bonds. The lowest BCUT2D eigenvalue weighted by Crippen LogP contribution is -2.39. The average molecular weight is 290 g/mol. The summed E-state index contributed by atoms with van der Waals surface area (Å²) in [7, 11) is 1.22. The van der Waals surface area contributed by atoms with E-state index in [2.05, 4.69) is 4.74 Å². The van der Waals surface area contributed by atoms with Crippen molar-refractivity contribution in [1.29, 1.82) is 0 Å². The van der Waals surface area contributed by atoms with Crippen LogP contribution in [0.5, 0.6) is 0 Å². The van der Waals surface area contributed by atoms with Crippen LogP contribution in [0.2, 0.25) is 0 Å². The molecule has 0 radical (unpaired) electrons. The Morgan fingerprint density at radius 3 is 2.40 bits per heavy atom. The predicted molar refractivity (Wildman–Crippen MR) is 70.7 cm³/mol. The van der Waals surface area contributed by atoms with Gasteiger partial charge in [-0.05, 0) is 32.0 Å². The quantitative estimate of drug-likeness (QED) is 0.684. The van der Waals surface area contributed by atoms with E-state index in [1.54, 1.807) is 13.8 Å². The van der Waals surface area contributed by atoms with Crippen molar-refractivity contribution in [2.75, 3.05) is 24.3 Å². The van der Waals surface area contributed by atoms with Gasteiger partial charge in [0.1, 0.15) is 6.54 Å². The molecule has 2 N–H and O–H groups in total. The Kier molecular flexibility index (Phi) is 4.86. The predicted octanol–water partition coefficient (Wildman–Crippen LogP) is 2.83. The number of hydrogen-bond acceptors (Lipinski definition) is 4. The fourth-order valence-corrected chi connectivity index (χ4v) is 1.80. The molecule has 0 heterocycles. The number of carbonyl (C=O) groups excluding carboxylic acids is 1. The molecule has 7 heteroatoms. The van der Waals surface area contributed by atoms with Gasteiger partial charge in [-0.2, -0.15) is 13.2 Å². The van der Waals surface area contributed by atoms with Gasteiger partial charge in [0.05, 0.1) is 24.0 Å². The number of nitrogen functional groups attached to an aromatic ring is 1. The van der Waals surface area contributed by atoms with Crippen LogP contribution in [0.1, 0.15) is 24.2 Å². The number of benzene rings is 1. The number of esters is 1. The molecule has 0 aliphatic rings. The number of methoxy groups -OCH3 is 1. The van der Waals surface area contributed by atoms with Crippen molar-refractivity contribution in [2.45, 2.75) is 26.1 Å². The summed E-state index contributed by atoms with van der Waals surface area (Å²) in [6, 6.07) is 3.71. The zero-order valence-corrected chi connectivity index (χ0v) is 11.5. The molecule has 0 saturated heterocycles. The Balaban J connectivity index is 3.12. The molecule has 4 nitrogen and oxygen atoms in total. The maximum Gasteiger partial charge on any atom is 0.405 e. The lowest BCUT2D eigenvalue weighted by Gasteiger charge is -2.31. The standard InChI is InChI=1S/C13H17F3N2O2/c1-8(2)18(7-13(14,15)16)11-5-4-9(6-10(11)17)12(19)20-3/h4-6,8H,7,17H2,1-3H3. The van der Waals surface area contributed by atoms with Gasteiger partial charge in [0.25, 0.3) is 0 Å². The van der Waals surface area contributed by atoms with Crippen molar-refractivity contribution >= 4 is 17.3 Å². The Morgan fingerprint density at radius 1 is 1.40 bits per heavy atom. The lowest BCUT2D eigenvalue weighted by molar-refractivity contribution is -0.120. The van der Waals surface area contributed by atoms with Crippen molar-refractivity contribution in [3.63, 3.8) is 0 Å². The first kappa shape index (κ1) is 16.1. The van der Waals surface area contributed by atoms with Gasteiger partial charge in [0.2, 0.25) is 0 Å². The average Bonchev–Trinajstić information content (AvgIpc) is 2.34. The van der Waals surface area contributed by atoms with Gasteiger partial charge in [-0.25, -0.2) is 4.79 Å². The van der Waals surface area contributed by atoms with Crippen LogP contribution in [0.25, 0.3) is 0 Å². The number of rotatable bonds is 4. The smallest absolute Gasteiger partial charge is 0.405 e. The first-order valence-electron chi connectivity index (χ1n) is 5.97. The molecule has 1 aromatic rings. The maximum atomic E-state index is 12.6. The molecular formula is C13H17F3N2O2. The molecule has 0 aliphatic carbocycles. The normalized spacial score (nSPS) is 11.6. The van der Waals surface area contributed by atoms with Crippen LogP contribution in [0.4, 0.5) is 24.5 Å². The summed E-state index contributed by atoms with van der Waals surface area (Å²) in [4.78, 5) is 12.5. The highest BCUT2D eigenvalue weighted by Crippen LogP contribution is 2.29. The van der Waals surface area contributed by atoms with Crippen LogP contribution < -0.4 is 10.6 Å². The molecule has 112 valence electrons. The second kappa shape index (κ2) is 6.02. The highest BCUT2D eigenvalue weighted by Gasteiger charge is 2.32. The van der Waals surface area contributed by atoms with E-state index in [1.807, 2.05) is 0 Å². The highest BCUT2D eigenvalue weighted by atomic mass is 19.4. The van der Waals surface area contributed by atoms with Crippen LogP contribution in [-0.2, 0) is 4.74 Å². The van der Waals surface area contributed by atoms with Crippen LogP contribution in [0.15, 0.2) is 18.2 Å². The molecule has 0 saturated carbocycles. The maximum absolute atomic E-state index is 12.6. The van der Waals surface area contributed by atoms with Crippen LogP contribution >= 0.6 is 0 Å². The molecule has 1 aromatic carbocycles. The third kappa shape index (κ3) is 4.04. The Bertz CT molecular complexity index is 487. The van der Waals surface area contributed by atoms with Crippen LogP contribution in [0, 0.1) is 0 Å². The summed E-state index contributed by atoms with van der Waals surface area (Å²) < 4.78 is 42.3. The fraction of sp³-hybridized carbons (Fsp3) is 0.462. The van der Waals surface area contributed by atoms with E-state index < -0.39 is 18.7 Å². The molecule has 0 unspecified atom stereocenters. The lowest BCUT2D eigenvalue weighted by atomic mass is 10.1. The second-order valence-corrected chi connectivity index (χ2v) is 4.60. The number of nitrogens with two attached hydrogens (primary N) is 1. The van der Waals surface area contributed by atoms with Gasteiger partial charge >= 0.3 is 12.1 Å². The second-order valence-electron chi connectivity index (χ2n) is 4.60. The molecular weight excluding hydrogens is 273 g/mol. The van der Waals surface area contributed by atoms with E-state index in [-0.39, 0.29) is 23.0 Å². The fourth-order valence-electron chi connectivity index (χ4n) is 1.80. The summed E-state index contributed by atoms with van der Waals surface area (Å²) in [5.74, 6) is -0.588. The molecule has 0 aromatic heterocycles. The van der Waals surface area contributed by atoms with Gasteiger partial charge in [-0.1, -0.05) is 0 Å². The monoisotopic (exact) mass is 290 g/mol. The molecule has 0 spiro atoms. The van der Waals surface area contributed by atoms with E-state index in [9.17, 15) is 18.0 Å². The van der Waals surface area contributed by atoms with E-state index in [1.165, 1.54) is 25.3 Å². The number of hydrogen-bond donors (Lipinski definition) is 1.